The van der Waals surface area contributed by atoms with E-state index in [1.54, 1.807) is 24.3 Å². The number of nitrogens with zero attached hydrogens (tertiary/aromatic N) is 2. The number of urea groups is 1. The van der Waals surface area contributed by atoms with E-state index in [0.29, 0.717) is 16.9 Å². The van der Waals surface area contributed by atoms with Crippen molar-refractivity contribution in [1.29, 1.82) is 0 Å². The molecule has 0 saturated heterocycles. The molecule has 23 heavy (non-hydrogen) atoms. The van der Waals surface area contributed by atoms with Crippen LogP contribution in [0.1, 0.15) is 11.4 Å². The summed E-state index contributed by atoms with van der Waals surface area (Å²) in [4.78, 5) is 20.9. The van der Waals surface area contributed by atoms with Gasteiger partial charge in [-0.1, -0.05) is 6.07 Å². The van der Waals surface area contributed by atoms with Gasteiger partial charge in [0.05, 0.1) is 22.4 Å². The molecule has 0 aliphatic heterocycles. The summed E-state index contributed by atoms with van der Waals surface area (Å²) >= 11 is 0. The fourth-order valence-electron chi connectivity index (χ4n) is 2.17. The van der Waals surface area contributed by atoms with Gasteiger partial charge in [-0.3, -0.25) is 0 Å². The molecule has 2 N–H and O–H groups in total. The van der Waals surface area contributed by atoms with Crippen molar-refractivity contribution in [3.8, 4) is 0 Å². The fourth-order valence-corrected chi connectivity index (χ4v) is 2.17. The van der Waals surface area contributed by atoms with Crippen molar-refractivity contribution >= 4 is 28.4 Å². The lowest BCUT2D eigenvalue weighted by Gasteiger charge is -2.09. The lowest BCUT2D eigenvalue weighted by molar-refractivity contribution is 0.262. The number of nitrogens with one attached hydrogen (secondary N) is 2. The number of halogens is 1. The van der Waals surface area contributed by atoms with Crippen molar-refractivity contribution in [3.63, 3.8) is 0 Å². The van der Waals surface area contributed by atoms with E-state index in [9.17, 15) is 9.18 Å². The first-order valence-corrected chi connectivity index (χ1v) is 7.10. The average Bonchev–Trinajstić information content (AvgIpc) is 2.48. The Morgan fingerprint density at radius 1 is 0.913 bits per heavy atom. The molecule has 1 heterocycles. The Hall–Kier alpha value is -3.02. The number of carbonyl (C=O) groups is 1. The van der Waals surface area contributed by atoms with E-state index in [-0.39, 0.29) is 0 Å². The van der Waals surface area contributed by atoms with Crippen LogP contribution in [0.25, 0.3) is 11.0 Å². The van der Waals surface area contributed by atoms with Gasteiger partial charge in [-0.25, -0.2) is 19.2 Å². The Morgan fingerprint density at radius 3 is 2.26 bits per heavy atom. The number of hydrogen-bond donors (Lipinski definition) is 2. The van der Waals surface area contributed by atoms with Gasteiger partial charge >= 0.3 is 6.03 Å². The second-order valence-corrected chi connectivity index (χ2v) is 5.19. The lowest BCUT2D eigenvalue weighted by atomic mass is 10.2. The second-order valence-electron chi connectivity index (χ2n) is 5.19. The van der Waals surface area contributed by atoms with Crippen molar-refractivity contribution in [1.82, 2.24) is 9.97 Å². The van der Waals surface area contributed by atoms with Crippen molar-refractivity contribution in [2.75, 3.05) is 10.6 Å². The molecule has 0 aliphatic carbocycles. The van der Waals surface area contributed by atoms with Crippen molar-refractivity contribution in [3.05, 3.63) is 59.7 Å². The smallest absolute Gasteiger partial charge is 0.308 e. The third kappa shape index (κ3) is 3.42. The van der Waals surface area contributed by atoms with E-state index < -0.39 is 11.8 Å². The number of anilines is 2. The number of benzene rings is 2. The van der Waals surface area contributed by atoms with E-state index in [4.69, 9.17) is 0 Å². The van der Waals surface area contributed by atoms with Crippen LogP contribution < -0.4 is 10.6 Å². The maximum Gasteiger partial charge on any atom is 0.323 e. The summed E-state index contributed by atoms with van der Waals surface area (Å²) in [5.74, 6) is -0.408. The van der Waals surface area contributed by atoms with Gasteiger partial charge in [0.1, 0.15) is 5.82 Å². The van der Waals surface area contributed by atoms with Crippen LogP contribution in [0, 0.1) is 19.7 Å². The van der Waals surface area contributed by atoms with Gasteiger partial charge in [0.2, 0.25) is 0 Å². The Kier molecular flexibility index (Phi) is 3.89. The number of fused-ring (bicyclic) bond motifs is 1. The minimum atomic E-state index is -0.452. The first-order chi connectivity index (χ1) is 11.0. The van der Waals surface area contributed by atoms with Crippen LogP contribution in [0.3, 0.4) is 0 Å². The molecular weight excluding hydrogens is 295 g/mol. The SMILES string of the molecule is Cc1nc2ccc(NC(=O)Nc3cccc(F)c3)cc2nc1C. The highest BCUT2D eigenvalue weighted by molar-refractivity contribution is 6.00. The van der Waals surface area contributed by atoms with Crippen LogP contribution in [0.4, 0.5) is 20.6 Å². The van der Waals surface area contributed by atoms with Crippen LogP contribution in [-0.2, 0) is 0 Å². The maximum atomic E-state index is 13.1. The van der Waals surface area contributed by atoms with Crippen LogP contribution in [-0.4, -0.2) is 16.0 Å². The van der Waals surface area contributed by atoms with Gasteiger partial charge in [-0.05, 0) is 50.2 Å². The van der Waals surface area contributed by atoms with Crippen LogP contribution in [0.5, 0.6) is 0 Å². The van der Waals surface area contributed by atoms with Gasteiger partial charge < -0.3 is 10.6 Å². The second kappa shape index (κ2) is 6.00. The molecule has 5 nitrogen and oxygen atoms in total. The normalized spacial score (nSPS) is 10.6. The lowest BCUT2D eigenvalue weighted by Crippen LogP contribution is -2.19. The van der Waals surface area contributed by atoms with E-state index in [2.05, 4.69) is 20.6 Å². The number of hydrogen-bond acceptors (Lipinski definition) is 3. The third-order valence-corrected chi connectivity index (χ3v) is 3.42. The molecule has 2 amide bonds. The van der Waals surface area contributed by atoms with Crippen molar-refractivity contribution in [2.45, 2.75) is 13.8 Å². The summed E-state index contributed by atoms with van der Waals surface area (Å²) in [5.41, 5.74) is 4.17. The predicted molar refractivity (Wildman–Crippen MR) is 88.1 cm³/mol. The molecule has 0 saturated carbocycles. The summed E-state index contributed by atoms with van der Waals surface area (Å²) in [7, 11) is 0. The largest absolute Gasteiger partial charge is 0.323 e. The molecule has 0 unspecified atom stereocenters. The molecule has 116 valence electrons. The molecule has 0 fully saturated rings. The molecule has 6 heteroatoms. The van der Waals surface area contributed by atoms with E-state index in [0.717, 1.165) is 16.9 Å². The van der Waals surface area contributed by atoms with Crippen LogP contribution in [0.15, 0.2) is 42.5 Å². The molecular formula is C17H15FN4O. The molecule has 0 spiro atoms. The zero-order chi connectivity index (χ0) is 16.4. The quantitative estimate of drug-likeness (QED) is 0.751. The highest BCUT2D eigenvalue weighted by Crippen LogP contribution is 2.18. The third-order valence-electron chi connectivity index (χ3n) is 3.42. The minimum Gasteiger partial charge on any atom is -0.308 e. The minimum absolute atomic E-state index is 0.384. The first kappa shape index (κ1) is 14.9. The highest BCUT2D eigenvalue weighted by atomic mass is 19.1. The standard InChI is InChI=1S/C17H15FN4O/c1-10-11(2)20-16-9-14(6-7-15(16)19-10)22-17(23)21-13-5-3-4-12(18)8-13/h3-9H,1-2H3,(H2,21,22,23). The summed E-state index contributed by atoms with van der Waals surface area (Å²) in [6.07, 6.45) is 0. The number of carbonyl (C=O) groups excluding carboxylic acids is 1. The van der Waals surface area contributed by atoms with Gasteiger partial charge in [0, 0.05) is 11.4 Å². The molecule has 1 aromatic heterocycles. The topological polar surface area (TPSA) is 66.9 Å². The zero-order valence-corrected chi connectivity index (χ0v) is 12.7. The van der Waals surface area contributed by atoms with E-state index in [1.807, 2.05) is 13.8 Å². The molecule has 0 radical (unpaired) electrons. The van der Waals surface area contributed by atoms with Crippen molar-refractivity contribution < 1.29 is 9.18 Å². The average molecular weight is 310 g/mol. The predicted octanol–water partition coefficient (Wildman–Crippen LogP) is 4.03. The van der Waals surface area contributed by atoms with E-state index >= 15 is 0 Å². The number of aromatic nitrogens is 2. The summed E-state index contributed by atoms with van der Waals surface area (Å²) < 4.78 is 13.1. The van der Waals surface area contributed by atoms with Gasteiger partial charge in [-0.2, -0.15) is 0 Å². The summed E-state index contributed by atoms with van der Waals surface area (Å²) in [6, 6.07) is 10.5. The fraction of sp³-hybridized carbons (Fsp3) is 0.118. The monoisotopic (exact) mass is 310 g/mol. The van der Waals surface area contributed by atoms with E-state index in [1.165, 1.54) is 18.2 Å². The summed E-state index contributed by atoms with van der Waals surface area (Å²) in [6.45, 7) is 3.79. The Labute approximate surface area is 132 Å². The molecule has 3 aromatic rings. The molecule has 0 aliphatic rings. The number of amides is 2. The van der Waals surface area contributed by atoms with Gasteiger partial charge in [0.25, 0.3) is 0 Å². The highest BCUT2D eigenvalue weighted by Gasteiger charge is 2.06. The number of rotatable bonds is 2. The molecule has 0 atom stereocenters. The maximum absolute atomic E-state index is 13.1. The number of aryl methyl sites for hydroxylation is 2. The van der Waals surface area contributed by atoms with Crippen molar-refractivity contribution in [2.24, 2.45) is 0 Å². The van der Waals surface area contributed by atoms with Crippen LogP contribution >= 0.6 is 0 Å². The Balaban J connectivity index is 1.78. The first-order valence-electron chi connectivity index (χ1n) is 7.10. The van der Waals surface area contributed by atoms with Crippen LogP contribution in [0.2, 0.25) is 0 Å². The van der Waals surface area contributed by atoms with Gasteiger partial charge in [-0.15, -0.1) is 0 Å². The molecule has 3 rings (SSSR count). The van der Waals surface area contributed by atoms with Gasteiger partial charge in [0.15, 0.2) is 0 Å². The molecule has 2 aromatic carbocycles. The zero-order valence-electron chi connectivity index (χ0n) is 12.7. The summed E-state index contributed by atoms with van der Waals surface area (Å²) in [5, 5.41) is 5.27. The Morgan fingerprint density at radius 2 is 1.57 bits per heavy atom. The Bertz CT molecular complexity index is 895. The molecule has 0 bridgehead atoms.